The summed E-state index contributed by atoms with van der Waals surface area (Å²) in [5.41, 5.74) is 1.43. The smallest absolute Gasteiger partial charge is 0.411 e. The predicted octanol–water partition coefficient (Wildman–Crippen LogP) is 3.08. The number of nitrogens with zero attached hydrogens (tertiary/aromatic N) is 3. The van der Waals surface area contributed by atoms with Gasteiger partial charge in [-0.25, -0.2) is 4.79 Å². The Morgan fingerprint density at radius 3 is 2.94 bits per heavy atom. The molecule has 166 valence electrons. The van der Waals surface area contributed by atoms with Crippen molar-refractivity contribution in [2.75, 3.05) is 7.05 Å². The molecule has 2 fully saturated rings. The zero-order valence-corrected chi connectivity index (χ0v) is 18.6. The Bertz CT molecular complexity index is 993. The van der Waals surface area contributed by atoms with Gasteiger partial charge in [-0.2, -0.15) is 5.10 Å². The van der Waals surface area contributed by atoms with Gasteiger partial charge in [-0.3, -0.25) is 19.8 Å². The summed E-state index contributed by atoms with van der Waals surface area (Å²) in [6.45, 7) is 5.54. The highest BCUT2D eigenvalue weighted by atomic mass is 16.6. The van der Waals surface area contributed by atoms with Crippen molar-refractivity contribution in [3.63, 3.8) is 0 Å². The van der Waals surface area contributed by atoms with Gasteiger partial charge in [0, 0.05) is 24.7 Å². The molecule has 2 amide bonds. The van der Waals surface area contributed by atoms with Crippen molar-refractivity contribution in [3.8, 4) is 0 Å². The number of H-pyrrole nitrogens is 1. The summed E-state index contributed by atoms with van der Waals surface area (Å²) in [7, 11) is 1.70. The van der Waals surface area contributed by atoms with Crippen LogP contribution in [0.3, 0.4) is 0 Å². The summed E-state index contributed by atoms with van der Waals surface area (Å²) in [6, 6.07) is 5.40. The second kappa shape index (κ2) is 8.32. The molecule has 31 heavy (non-hydrogen) atoms. The Morgan fingerprint density at radius 2 is 2.19 bits per heavy atom. The van der Waals surface area contributed by atoms with Crippen molar-refractivity contribution in [1.29, 1.82) is 0 Å². The number of hydrogen-bond acceptors (Lipinski definition) is 5. The molecule has 1 aromatic heterocycles. The molecule has 0 radical (unpaired) electrons. The fourth-order valence-corrected chi connectivity index (χ4v) is 4.86. The molecule has 1 saturated carbocycles. The molecule has 4 rings (SSSR count). The van der Waals surface area contributed by atoms with Crippen LogP contribution in [0.1, 0.15) is 45.6 Å². The number of hydrogen-bond donors (Lipinski definition) is 2. The maximum absolute atomic E-state index is 13.3. The minimum atomic E-state index is -0.595. The number of rotatable bonds is 5. The molecule has 1 aliphatic carbocycles. The standard InChI is InChI=1S/C23H31N5O3/c1-23(2,3)31-22(30)28-18-8-7-15(11-18)20(28)21(29)26-17(13-24-4)9-14-5-6-16-12-25-27-19(16)10-14/h5-6,10,12-13,15,17-18,20H,7-9,11H2,1-4H3,(H,25,27)(H,26,29)/b24-13+/t15-,17?,18+,20-/m0/s1. The number of carbonyl (C=O) groups is 2. The molecule has 0 spiro atoms. The minimum absolute atomic E-state index is 0.0803. The van der Waals surface area contributed by atoms with E-state index in [1.54, 1.807) is 24.4 Å². The van der Waals surface area contributed by atoms with Gasteiger partial charge in [0.2, 0.25) is 5.91 Å². The first-order chi connectivity index (χ1) is 14.7. The second-order valence-corrected chi connectivity index (χ2v) is 9.58. The lowest BCUT2D eigenvalue weighted by Crippen LogP contribution is -2.55. The summed E-state index contributed by atoms with van der Waals surface area (Å²) < 4.78 is 5.61. The number of likely N-dealkylation sites (tertiary alicyclic amines) is 1. The summed E-state index contributed by atoms with van der Waals surface area (Å²) in [5.74, 6) is 0.0451. The van der Waals surface area contributed by atoms with Crippen LogP contribution in [-0.4, -0.2) is 64.1 Å². The van der Waals surface area contributed by atoms with Crippen LogP contribution in [0.2, 0.25) is 0 Å². The van der Waals surface area contributed by atoms with Gasteiger partial charge in [-0.15, -0.1) is 0 Å². The van der Waals surface area contributed by atoms with Gasteiger partial charge in [0.1, 0.15) is 11.6 Å². The van der Waals surface area contributed by atoms with Gasteiger partial charge >= 0.3 is 6.09 Å². The number of ether oxygens (including phenoxy) is 1. The molecule has 2 bridgehead atoms. The van der Waals surface area contributed by atoms with Gasteiger partial charge in [0.25, 0.3) is 0 Å². The maximum Gasteiger partial charge on any atom is 0.411 e. The third-order valence-corrected chi connectivity index (χ3v) is 6.08. The quantitative estimate of drug-likeness (QED) is 0.719. The van der Waals surface area contributed by atoms with E-state index in [0.29, 0.717) is 6.42 Å². The number of benzene rings is 1. The average molecular weight is 426 g/mol. The number of aromatic nitrogens is 2. The third kappa shape index (κ3) is 4.57. The molecule has 4 atom stereocenters. The van der Waals surface area contributed by atoms with E-state index in [0.717, 1.165) is 35.7 Å². The van der Waals surface area contributed by atoms with Gasteiger partial charge < -0.3 is 10.1 Å². The van der Waals surface area contributed by atoms with Crippen LogP contribution in [-0.2, 0) is 16.0 Å². The average Bonchev–Trinajstić information content (AvgIpc) is 3.41. The fourth-order valence-electron chi connectivity index (χ4n) is 4.86. The predicted molar refractivity (Wildman–Crippen MR) is 119 cm³/mol. The topological polar surface area (TPSA) is 99.7 Å². The summed E-state index contributed by atoms with van der Waals surface area (Å²) in [4.78, 5) is 32.0. The number of aromatic amines is 1. The Balaban J connectivity index is 1.48. The first kappa shape index (κ1) is 21.3. The molecule has 2 heterocycles. The normalized spacial score (nSPS) is 24.1. The van der Waals surface area contributed by atoms with Crippen molar-refractivity contribution in [2.24, 2.45) is 10.9 Å². The van der Waals surface area contributed by atoms with Crippen LogP contribution in [0.5, 0.6) is 0 Å². The zero-order chi connectivity index (χ0) is 22.2. The van der Waals surface area contributed by atoms with E-state index in [9.17, 15) is 9.59 Å². The molecule has 2 aromatic rings. The number of aliphatic imine (C=N–C) groups is 1. The highest BCUT2D eigenvalue weighted by Gasteiger charge is 2.52. The first-order valence-electron chi connectivity index (χ1n) is 10.9. The molecule has 2 aliphatic rings. The number of piperidine rings is 1. The summed E-state index contributed by atoms with van der Waals surface area (Å²) >= 11 is 0. The van der Waals surface area contributed by atoms with E-state index in [2.05, 4.69) is 20.5 Å². The number of nitrogens with one attached hydrogen (secondary N) is 2. The minimum Gasteiger partial charge on any atom is -0.444 e. The molecular weight excluding hydrogens is 394 g/mol. The molecular formula is C23H31N5O3. The molecule has 2 N–H and O–H groups in total. The maximum atomic E-state index is 13.3. The van der Waals surface area contributed by atoms with Crippen molar-refractivity contribution in [1.82, 2.24) is 20.4 Å². The van der Waals surface area contributed by atoms with E-state index in [4.69, 9.17) is 4.74 Å². The Hall–Kier alpha value is -2.90. The zero-order valence-electron chi connectivity index (χ0n) is 18.6. The molecule has 1 saturated heterocycles. The van der Waals surface area contributed by atoms with Crippen LogP contribution in [0.25, 0.3) is 10.9 Å². The van der Waals surface area contributed by atoms with E-state index >= 15 is 0 Å². The van der Waals surface area contributed by atoms with Crippen LogP contribution in [0, 0.1) is 5.92 Å². The molecule has 1 aliphatic heterocycles. The van der Waals surface area contributed by atoms with E-state index in [1.807, 2.05) is 39.0 Å². The highest BCUT2D eigenvalue weighted by Crippen LogP contribution is 2.43. The SMILES string of the molecule is C/N=C/C(Cc1ccc2cn[nH]c2c1)NC(=O)[C@@H]1[C@H]2CC[C@H](C2)N1C(=O)OC(C)(C)C. The van der Waals surface area contributed by atoms with Crippen molar-refractivity contribution < 1.29 is 14.3 Å². The Kier molecular flexibility index (Phi) is 5.73. The largest absolute Gasteiger partial charge is 0.444 e. The van der Waals surface area contributed by atoms with Crippen molar-refractivity contribution in [2.45, 2.75) is 70.2 Å². The number of fused-ring (bicyclic) bond motifs is 3. The van der Waals surface area contributed by atoms with Crippen LogP contribution < -0.4 is 5.32 Å². The Morgan fingerprint density at radius 1 is 1.39 bits per heavy atom. The van der Waals surface area contributed by atoms with Gasteiger partial charge in [-0.05, 0) is 64.0 Å². The Labute approximate surface area is 182 Å². The lowest BCUT2D eigenvalue weighted by atomic mass is 9.97. The first-order valence-corrected chi connectivity index (χ1v) is 10.9. The van der Waals surface area contributed by atoms with Crippen molar-refractivity contribution >= 4 is 29.1 Å². The second-order valence-electron chi connectivity index (χ2n) is 9.58. The monoisotopic (exact) mass is 425 g/mol. The lowest BCUT2D eigenvalue weighted by molar-refractivity contribution is -0.128. The lowest BCUT2D eigenvalue weighted by Gasteiger charge is -2.36. The molecule has 1 unspecified atom stereocenters. The molecule has 1 aromatic carbocycles. The summed E-state index contributed by atoms with van der Waals surface area (Å²) in [5, 5.41) is 11.2. The third-order valence-electron chi connectivity index (χ3n) is 6.08. The number of carbonyl (C=O) groups excluding carboxylic acids is 2. The van der Waals surface area contributed by atoms with E-state index in [1.165, 1.54) is 0 Å². The van der Waals surface area contributed by atoms with Gasteiger partial charge in [-0.1, -0.05) is 12.1 Å². The van der Waals surface area contributed by atoms with E-state index < -0.39 is 17.7 Å². The fraction of sp³-hybridized carbons (Fsp3) is 0.565. The van der Waals surface area contributed by atoms with Crippen LogP contribution in [0.4, 0.5) is 4.79 Å². The summed E-state index contributed by atoms with van der Waals surface area (Å²) in [6.07, 6.45) is 6.49. The molecule has 8 nitrogen and oxygen atoms in total. The van der Waals surface area contributed by atoms with Gasteiger partial charge in [0.05, 0.1) is 17.8 Å². The van der Waals surface area contributed by atoms with Crippen LogP contribution in [0.15, 0.2) is 29.4 Å². The van der Waals surface area contributed by atoms with Crippen LogP contribution >= 0.6 is 0 Å². The highest BCUT2D eigenvalue weighted by molar-refractivity contribution is 5.89. The van der Waals surface area contributed by atoms with Crippen molar-refractivity contribution in [3.05, 3.63) is 30.0 Å². The molecule has 8 heteroatoms. The number of amides is 2. The van der Waals surface area contributed by atoms with E-state index in [-0.39, 0.29) is 23.9 Å². The van der Waals surface area contributed by atoms with Gasteiger partial charge in [0.15, 0.2) is 0 Å².